The van der Waals surface area contributed by atoms with Gasteiger partial charge in [0, 0.05) is 0 Å². The van der Waals surface area contributed by atoms with Crippen LogP contribution in [-0.2, 0) is 22.4 Å². The lowest BCUT2D eigenvalue weighted by molar-refractivity contribution is -0.143. The van der Waals surface area contributed by atoms with E-state index < -0.39 is 44.1 Å². The highest BCUT2D eigenvalue weighted by Crippen LogP contribution is 2.38. The minimum absolute atomic E-state index is 0.125. The minimum Gasteiger partial charge on any atom is -0.280 e. The third-order valence-corrected chi connectivity index (χ3v) is 5.36. The summed E-state index contributed by atoms with van der Waals surface area (Å²) in [6.07, 6.45) is -10.2. The van der Waals surface area contributed by atoms with Gasteiger partial charge in [0.1, 0.15) is 4.90 Å². The Morgan fingerprint density at radius 3 is 1.62 bits per heavy atom. The van der Waals surface area contributed by atoms with Crippen molar-refractivity contribution in [3.8, 4) is 0 Å². The van der Waals surface area contributed by atoms with E-state index in [0.717, 1.165) is 12.1 Å². The van der Waals surface area contributed by atoms with Crippen molar-refractivity contribution in [1.82, 2.24) is 0 Å². The van der Waals surface area contributed by atoms with E-state index in [9.17, 15) is 34.8 Å². The molecule has 0 amide bonds. The van der Waals surface area contributed by atoms with Crippen molar-refractivity contribution in [3.63, 3.8) is 0 Å². The molecule has 0 aliphatic rings. The number of sulfonamides is 1. The summed E-state index contributed by atoms with van der Waals surface area (Å²) in [6.45, 7) is 0. The Labute approximate surface area is 153 Å². The fourth-order valence-corrected chi connectivity index (χ4v) is 4.15. The molecule has 2 rings (SSSR count). The standard InChI is InChI=1S/C14H7Cl2F6NO2S/c15-10-2-1-3-11(16)12(10)26(24,25)23-9-5-7(13(17,18)19)4-8(6-9)14(20,21)22/h1-6,23H. The van der Waals surface area contributed by atoms with Crippen molar-refractivity contribution in [2.45, 2.75) is 17.2 Å². The van der Waals surface area contributed by atoms with Gasteiger partial charge in [-0.05, 0) is 30.3 Å². The topological polar surface area (TPSA) is 46.2 Å². The molecule has 0 aliphatic carbocycles. The van der Waals surface area contributed by atoms with Gasteiger partial charge in [-0.25, -0.2) is 8.42 Å². The zero-order chi connectivity index (χ0) is 19.9. The third kappa shape index (κ3) is 4.54. The average Bonchev–Trinajstić information content (AvgIpc) is 2.44. The van der Waals surface area contributed by atoms with Crippen molar-refractivity contribution in [3.05, 3.63) is 57.6 Å². The summed E-state index contributed by atoms with van der Waals surface area (Å²) < 4.78 is 103. The fourth-order valence-electron chi connectivity index (χ4n) is 1.96. The Morgan fingerprint density at radius 2 is 1.23 bits per heavy atom. The lowest BCUT2D eigenvalue weighted by Crippen LogP contribution is -2.17. The molecule has 0 bridgehead atoms. The molecule has 0 heterocycles. The lowest BCUT2D eigenvalue weighted by Gasteiger charge is -2.16. The molecule has 12 heteroatoms. The van der Waals surface area contributed by atoms with E-state index in [0.29, 0.717) is 0 Å². The number of halogens is 8. The summed E-state index contributed by atoms with van der Waals surface area (Å²) in [5, 5.41) is -0.707. The van der Waals surface area contributed by atoms with Gasteiger partial charge in [0.05, 0.1) is 26.9 Å². The largest absolute Gasteiger partial charge is 0.416 e. The molecule has 0 unspecified atom stereocenters. The molecule has 26 heavy (non-hydrogen) atoms. The Bertz CT molecular complexity index is 889. The maximum absolute atomic E-state index is 12.8. The quantitative estimate of drug-likeness (QED) is 0.613. The molecule has 0 fully saturated rings. The third-order valence-electron chi connectivity index (χ3n) is 3.03. The van der Waals surface area contributed by atoms with Crippen LogP contribution in [0.3, 0.4) is 0 Å². The summed E-state index contributed by atoms with van der Waals surface area (Å²) in [4.78, 5) is -0.672. The maximum atomic E-state index is 12.8. The van der Waals surface area contributed by atoms with Crippen molar-refractivity contribution in [2.24, 2.45) is 0 Å². The Hall–Kier alpha value is -1.65. The summed E-state index contributed by atoms with van der Waals surface area (Å²) in [6, 6.07) is 3.95. The predicted octanol–water partition coefficient (Wildman–Crippen LogP) is 5.83. The molecular formula is C14H7Cl2F6NO2S. The van der Waals surface area contributed by atoms with Crippen LogP contribution in [0, 0.1) is 0 Å². The van der Waals surface area contributed by atoms with Gasteiger partial charge >= 0.3 is 12.4 Å². The van der Waals surface area contributed by atoms with E-state index in [-0.39, 0.29) is 28.2 Å². The second-order valence-electron chi connectivity index (χ2n) is 4.95. The molecule has 1 N–H and O–H groups in total. The van der Waals surface area contributed by atoms with Crippen LogP contribution in [-0.4, -0.2) is 8.42 Å². The van der Waals surface area contributed by atoms with Gasteiger partial charge < -0.3 is 0 Å². The van der Waals surface area contributed by atoms with E-state index in [1.807, 2.05) is 0 Å². The first-order chi connectivity index (χ1) is 11.7. The van der Waals surface area contributed by atoms with Gasteiger partial charge in [-0.2, -0.15) is 26.3 Å². The number of hydrogen-bond acceptors (Lipinski definition) is 2. The Balaban J connectivity index is 2.58. The van der Waals surface area contributed by atoms with Crippen LogP contribution in [0.5, 0.6) is 0 Å². The van der Waals surface area contributed by atoms with Gasteiger partial charge in [0.25, 0.3) is 10.0 Å². The second-order valence-corrected chi connectivity index (χ2v) is 7.38. The predicted molar refractivity (Wildman–Crippen MR) is 83.7 cm³/mol. The number of rotatable bonds is 3. The Kier molecular flexibility index (Phi) is 5.42. The minimum atomic E-state index is -5.12. The number of nitrogens with one attached hydrogen (secondary N) is 1. The van der Waals surface area contributed by atoms with Gasteiger partial charge in [0.15, 0.2) is 0 Å². The number of benzene rings is 2. The van der Waals surface area contributed by atoms with Crippen molar-refractivity contribution >= 4 is 38.9 Å². The molecule has 2 aromatic rings. The highest BCUT2D eigenvalue weighted by Gasteiger charge is 2.37. The van der Waals surface area contributed by atoms with Crippen molar-refractivity contribution in [1.29, 1.82) is 0 Å². The summed E-state index contributed by atoms with van der Waals surface area (Å²) in [7, 11) is -4.65. The molecule has 0 aliphatic heterocycles. The molecule has 0 spiro atoms. The van der Waals surface area contributed by atoms with Gasteiger partial charge in [-0.3, -0.25) is 4.72 Å². The number of anilines is 1. The zero-order valence-electron chi connectivity index (χ0n) is 12.2. The molecule has 0 atom stereocenters. The number of hydrogen-bond donors (Lipinski definition) is 1. The van der Waals surface area contributed by atoms with Gasteiger partial charge in [-0.1, -0.05) is 29.3 Å². The first-order valence-electron chi connectivity index (χ1n) is 6.48. The molecule has 0 radical (unpaired) electrons. The summed E-state index contributed by atoms with van der Waals surface area (Å²) in [5.41, 5.74) is -4.28. The van der Waals surface area contributed by atoms with Crippen LogP contribution in [0.1, 0.15) is 11.1 Å². The maximum Gasteiger partial charge on any atom is 0.416 e. The first kappa shape index (κ1) is 20.7. The normalized spacial score (nSPS) is 12.9. The van der Waals surface area contributed by atoms with Crippen molar-refractivity contribution in [2.75, 3.05) is 4.72 Å². The van der Waals surface area contributed by atoms with E-state index in [4.69, 9.17) is 23.2 Å². The van der Waals surface area contributed by atoms with Crippen LogP contribution in [0.4, 0.5) is 32.0 Å². The second kappa shape index (κ2) is 6.82. The summed E-state index contributed by atoms with van der Waals surface area (Å²) >= 11 is 11.4. The zero-order valence-corrected chi connectivity index (χ0v) is 14.5. The molecule has 142 valence electrons. The highest BCUT2D eigenvalue weighted by molar-refractivity contribution is 7.93. The van der Waals surface area contributed by atoms with Crippen LogP contribution in [0.2, 0.25) is 10.0 Å². The Morgan fingerprint density at radius 1 is 0.808 bits per heavy atom. The van der Waals surface area contributed by atoms with Crippen molar-refractivity contribution < 1.29 is 34.8 Å². The number of alkyl halides is 6. The van der Waals surface area contributed by atoms with Crippen LogP contribution in [0.25, 0.3) is 0 Å². The van der Waals surface area contributed by atoms with Gasteiger partial charge in [-0.15, -0.1) is 0 Å². The fraction of sp³-hybridized carbons (Fsp3) is 0.143. The van der Waals surface area contributed by atoms with E-state index in [1.165, 1.54) is 6.07 Å². The SMILES string of the molecule is O=S(=O)(Nc1cc(C(F)(F)F)cc(C(F)(F)F)c1)c1c(Cl)cccc1Cl. The van der Waals surface area contributed by atoms with Crippen LogP contribution >= 0.6 is 23.2 Å². The molecule has 0 aromatic heterocycles. The average molecular weight is 438 g/mol. The van der Waals surface area contributed by atoms with E-state index in [2.05, 4.69) is 0 Å². The smallest absolute Gasteiger partial charge is 0.280 e. The first-order valence-corrected chi connectivity index (χ1v) is 8.72. The molecule has 0 saturated carbocycles. The monoisotopic (exact) mass is 437 g/mol. The summed E-state index contributed by atoms with van der Waals surface area (Å²) in [5.74, 6) is 0. The lowest BCUT2D eigenvalue weighted by atomic mass is 10.1. The molecule has 2 aromatic carbocycles. The molecule has 0 saturated heterocycles. The van der Waals surface area contributed by atoms with Crippen LogP contribution in [0.15, 0.2) is 41.3 Å². The highest BCUT2D eigenvalue weighted by atomic mass is 35.5. The van der Waals surface area contributed by atoms with Crippen LogP contribution < -0.4 is 4.72 Å². The molecule has 3 nitrogen and oxygen atoms in total. The van der Waals surface area contributed by atoms with E-state index in [1.54, 1.807) is 4.72 Å². The van der Waals surface area contributed by atoms with E-state index >= 15 is 0 Å². The van der Waals surface area contributed by atoms with Gasteiger partial charge in [0.2, 0.25) is 0 Å². The molecular weight excluding hydrogens is 431 g/mol.